The molecule has 100 valence electrons. The average Bonchev–Trinajstić information content (AvgIpc) is 2.42. The van der Waals surface area contributed by atoms with Gasteiger partial charge in [0.1, 0.15) is 0 Å². The minimum Gasteiger partial charge on any atom is -0.379 e. The summed E-state index contributed by atoms with van der Waals surface area (Å²) in [6, 6.07) is 8.98. The summed E-state index contributed by atoms with van der Waals surface area (Å²) in [5.41, 5.74) is 7.62. The molecule has 0 bridgehead atoms. The number of benzene rings is 1. The number of morpholine rings is 1. The lowest BCUT2D eigenvalue weighted by Gasteiger charge is -2.37. The van der Waals surface area contributed by atoms with E-state index in [0.717, 1.165) is 37.2 Å². The number of hydrogen-bond acceptors (Lipinski definition) is 3. The number of ether oxygens (including phenoxy) is 1. The van der Waals surface area contributed by atoms with Crippen molar-refractivity contribution in [2.75, 3.05) is 26.3 Å². The van der Waals surface area contributed by atoms with Crippen molar-refractivity contribution in [3.8, 4) is 0 Å². The zero-order valence-electron chi connectivity index (χ0n) is 10.8. The van der Waals surface area contributed by atoms with Crippen molar-refractivity contribution in [2.45, 2.75) is 25.4 Å². The van der Waals surface area contributed by atoms with E-state index in [1.807, 2.05) is 0 Å². The van der Waals surface area contributed by atoms with E-state index in [-0.39, 0.29) is 6.04 Å². The zero-order valence-corrected chi connectivity index (χ0v) is 12.4. The highest BCUT2D eigenvalue weighted by molar-refractivity contribution is 9.10. The van der Waals surface area contributed by atoms with Crippen LogP contribution in [-0.4, -0.2) is 37.2 Å². The molecule has 1 saturated heterocycles. The van der Waals surface area contributed by atoms with E-state index in [0.29, 0.717) is 6.04 Å². The van der Waals surface area contributed by atoms with Gasteiger partial charge in [0.15, 0.2) is 0 Å². The third kappa shape index (κ3) is 3.32. The molecular weight excluding hydrogens is 292 g/mol. The largest absolute Gasteiger partial charge is 0.379 e. The lowest BCUT2D eigenvalue weighted by atomic mass is 9.96. The van der Waals surface area contributed by atoms with Crippen molar-refractivity contribution < 1.29 is 4.74 Å². The van der Waals surface area contributed by atoms with Gasteiger partial charge < -0.3 is 10.5 Å². The van der Waals surface area contributed by atoms with Crippen molar-refractivity contribution >= 4 is 15.9 Å². The summed E-state index contributed by atoms with van der Waals surface area (Å²) in [7, 11) is 0. The standard InChI is InChI=1S/C14H21BrN2O/c1-2-13(16)14(17-7-9-18-10-8-17)11-3-5-12(15)6-4-11/h3-6,13-14H,2,7-10,16H2,1H3. The molecule has 1 heterocycles. The molecule has 3 nitrogen and oxygen atoms in total. The van der Waals surface area contributed by atoms with E-state index in [2.05, 4.69) is 52.0 Å². The van der Waals surface area contributed by atoms with Gasteiger partial charge in [-0.15, -0.1) is 0 Å². The molecule has 1 aromatic carbocycles. The normalized spacial score (nSPS) is 20.6. The van der Waals surface area contributed by atoms with Crippen molar-refractivity contribution in [3.05, 3.63) is 34.3 Å². The van der Waals surface area contributed by atoms with E-state index in [1.165, 1.54) is 5.56 Å². The van der Waals surface area contributed by atoms with Crippen LogP contribution in [0, 0.1) is 0 Å². The maximum Gasteiger partial charge on any atom is 0.0594 e. The second-order valence-corrected chi connectivity index (χ2v) is 5.63. The highest BCUT2D eigenvalue weighted by atomic mass is 79.9. The third-order valence-electron chi connectivity index (χ3n) is 3.53. The zero-order chi connectivity index (χ0) is 13.0. The molecule has 2 atom stereocenters. The number of nitrogens with zero attached hydrogens (tertiary/aromatic N) is 1. The molecule has 2 N–H and O–H groups in total. The van der Waals surface area contributed by atoms with Crippen LogP contribution in [-0.2, 0) is 4.74 Å². The van der Waals surface area contributed by atoms with Gasteiger partial charge >= 0.3 is 0 Å². The first-order valence-corrected chi connectivity index (χ1v) is 7.34. The summed E-state index contributed by atoms with van der Waals surface area (Å²) in [6.07, 6.45) is 0.984. The monoisotopic (exact) mass is 312 g/mol. The first-order chi connectivity index (χ1) is 8.72. The van der Waals surface area contributed by atoms with Crippen LogP contribution in [0.3, 0.4) is 0 Å². The molecule has 1 aliphatic rings. The molecule has 1 aromatic rings. The molecule has 0 saturated carbocycles. The number of nitrogens with two attached hydrogens (primary N) is 1. The first kappa shape index (κ1) is 14.0. The van der Waals surface area contributed by atoms with E-state index < -0.39 is 0 Å². The molecule has 18 heavy (non-hydrogen) atoms. The predicted molar refractivity (Wildman–Crippen MR) is 77.5 cm³/mol. The molecule has 1 fully saturated rings. The Hall–Kier alpha value is -0.420. The Morgan fingerprint density at radius 2 is 1.89 bits per heavy atom. The Bertz CT molecular complexity index is 363. The van der Waals surface area contributed by atoms with Crippen molar-refractivity contribution in [3.63, 3.8) is 0 Å². The molecule has 4 heteroatoms. The van der Waals surface area contributed by atoms with E-state index >= 15 is 0 Å². The van der Waals surface area contributed by atoms with Crippen LogP contribution >= 0.6 is 15.9 Å². The number of halogens is 1. The molecule has 0 spiro atoms. The van der Waals surface area contributed by atoms with Gasteiger partial charge in [-0.1, -0.05) is 35.0 Å². The lowest BCUT2D eigenvalue weighted by molar-refractivity contribution is 0.0101. The predicted octanol–water partition coefficient (Wildman–Crippen LogP) is 2.56. The maximum absolute atomic E-state index is 6.32. The number of rotatable bonds is 4. The van der Waals surface area contributed by atoms with Crippen LogP contribution in [0.1, 0.15) is 24.9 Å². The van der Waals surface area contributed by atoms with Gasteiger partial charge in [-0.3, -0.25) is 4.90 Å². The fourth-order valence-electron chi connectivity index (χ4n) is 2.47. The van der Waals surface area contributed by atoms with Crippen molar-refractivity contribution in [1.29, 1.82) is 0 Å². The molecule has 2 rings (SSSR count). The highest BCUT2D eigenvalue weighted by Crippen LogP contribution is 2.27. The molecule has 2 unspecified atom stereocenters. The summed E-state index contributed by atoms with van der Waals surface area (Å²) in [4.78, 5) is 2.45. The number of hydrogen-bond donors (Lipinski definition) is 1. The Labute approximate surface area is 117 Å². The third-order valence-corrected chi connectivity index (χ3v) is 4.06. The maximum atomic E-state index is 6.32. The SMILES string of the molecule is CCC(N)C(c1ccc(Br)cc1)N1CCOCC1. The van der Waals surface area contributed by atoms with Gasteiger partial charge in [-0.05, 0) is 24.1 Å². The van der Waals surface area contributed by atoms with Crippen LogP contribution in [0.15, 0.2) is 28.7 Å². The topological polar surface area (TPSA) is 38.5 Å². The minimum absolute atomic E-state index is 0.171. The van der Waals surface area contributed by atoms with Crippen molar-refractivity contribution in [1.82, 2.24) is 4.90 Å². The van der Waals surface area contributed by atoms with Gasteiger partial charge in [0.2, 0.25) is 0 Å². The summed E-state index contributed by atoms with van der Waals surface area (Å²) in [5.74, 6) is 0. The molecule has 0 amide bonds. The van der Waals surface area contributed by atoms with Crippen LogP contribution in [0.2, 0.25) is 0 Å². The van der Waals surface area contributed by atoms with Crippen LogP contribution in [0.5, 0.6) is 0 Å². The fourth-order valence-corrected chi connectivity index (χ4v) is 2.73. The average molecular weight is 313 g/mol. The Balaban J connectivity index is 2.20. The summed E-state index contributed by atoms with van der Waals surface area (Å²) >= 11 is 3.48. The molecule has 0 aliphatic carbocycles. The van der Waals surface area contributed by atoms with Gasteiger partial charge in [0, 0.05) is 23.6 Å². The smallest absolute Gasteiger partial charge is 0.0594 e. The highest BCUT2D eigenvalue weighted by Gasteiger charge is 2.26. The second-order valence-electron chi connectivity index (χ2n) is 4.72. The van der Waals surface area contributed by atoms with Gasteiger partial charge in [-0.25, -0.2) is 0 Å². The van der Waals surface area contributed by atoms with Gasteiger partial charge in [0.05, 0.1) is 19.3 Å². The van der Waals surface area contributed by atoms with Crippen LogP contribution < -0.4 is 5.73 Å². The summed E-state index contributed by atoms with van der Waals surface area (Å²) < 4.78 is 6.54. The van der Waals surface area contributed by atoms with Crippen molar-refractivity contribution in [2.24, 2.45) is 5.73 Å². The quantitative estimate of drug-likeness (QED) is 0.928. The first-order valence-electron chi connectivity index (χ1n) is 6.55. The summed E-state index contributed by atoms with van der Waals surface area (Å²) in [5, 5.41) is 0. The van der Waals surface area contributed by atoms with Gasteiger partial charge in [0.25, 0.3) is 0 Å². The van der Waals surface area contributed by atoms with E-state index in [9.17, 15) is 0 Å². The Morgan fingerprint density at radius 3 is 2.44 bits per heavy atom. The minimum atomic E-state index is 0.171. The summed E-state index contributed by atoms with van der Waals surface area (Å²) in [6.45, 7) is 5.70. The van der Waals surface area contributed by atoms with E-state index in [4.69, 9.17) is 10.5 Å². The van der Waals surface area contributed by atoms with Gasteiger partial charge in [-0.2, -0.15) is 0 Å². The van der Waals surface area contributed by atoms with Crippen LogP contribution in [0.4, 0.5) is 0 Å². The van der Waals surface area contributed by atoms with E-state index in [1.54, 1.807) is 0 Å². The molecule has 1 aliphatic heterocycles. The van der Waals surface area contributed by atoms with Crippen LogP contribution in [0.25, 0.3) is 0 Å². The molecule has 0 radical (unpaired) electrons. The Morgan fingerprint density at radius 1 is 1.28 bits per heavy atom. The second kappa shape index (κ2) is 6.66. The lowest BCUT2D eigenvalue weighted by Crippen LogP contribution is -2.46. The molecule has 0 aromatic heterocycles. The molecular formula is C14H21BrN2O. The fraction of sp³-hybridized carbons (Fsp3) is 0.571. The Kier molecular flexibility index (Phi) is 5.18.